The number of aryl methyl sites for hydroxylation is 1. The second kappa shape index (κ2) is 7.03. The van der Waals surface area contributed by atoms with Gasteiger partial charge >= 0.3 is 0 Å². The lowest BCUT2D eigenvalue weighted by Gasteiger charge is -2.08. The maximum atomic E-state index is 14.6. The molecule has 140 valence electrons. The Morgan fingerprint density at radius 3 is 2.75 bits per heavy atom. The minimum atomic E-state index is -0.891. The molecule has 0 aromatic carbocycles. The van der Waals surface area contributed by atoms with Gasteiger partial charge in [-0.2, -0.15) is 4.39 Å². The van der Waals surface area contributed by atoms with Crippen LogP contribution in [0.4, 0.5) is 21.7 Å². The molecule has 0 unspecified atom stereocenters. The van der Waals surface area contributed by atoms with Gasteiger partial charge < -0.3 is 16.0 Å². The SMILES string of the molecule is CCc1ccc(Nc2ccc(C(=O)c3c[nH]c4ncnc(N)c34)c(F)n2)cn1. The number of pyridine rings is 2. The largest absolute Gasteiger partial charge is 0.383 e. The summed E-state index contributed by atoms with van der Waals surface area (Å²) in [7, 11) is 0. The van der Waals surface area contributed by atoms with Crippen molar-refractivity contribution in [2.75, 3.05) is 11.1 Å². The van der Waals surface area contributed by atoms with E-state index in [4.69, 9.17) is 5.73 Å². The molecule has 0 bridgehead atoms. The number of carbonyl (C=O) groups excluding carboxylic acids is 1. The molecule has 4 N–H and O–H groups in total. The van der Waals surface area contributed by atoms with E-state index < -0.39 is 11.7 Å². The standard InChI is InChI=1S/C19H16FN7O/c1-2-10-3-4-11(7-22-10)26-14-6-5-12(17(20)27-14)16(28)13-8-23-19-15(13)18(21)24-9-25-19/h3-9H,2H2,1H3,(H,26,27)(H3,21,23,24,25). The summed E-state index contributed by atoms with van der Waals surface area (Å²) in [6.45, 7) is 2.01. The van der Waals surface area contributed by atoms with Crippen LogP contribution in [0.3, 0.4) is 0 Å². The van der Waals surface area contributed by atoms with E-state index in [1.54, 1.807) is 6.20 Å². The van der Waals surface area contributed by atoms with Gasteiger partial charge in [0.2, 0.25) is 5.95 Å². The van der Waals surface area contributed by atoms with Crippen LogP contribution in [-0.4, -0.2) is 30.7 Å². The first-order valence-electron chi connectivity index (χ1n) is 8.57. The minimum Gasteiger partial charge on any atom is -0.383 e. The fourth-order valence-electron chi connectivity index (χ4n) is 2.84. The van der Waals surface area contributed by atoms with Gasteiger partial charge in [0.1, 0.15) is 23.6 Å². The van der Waals surface area contributed by atoms with E-state index in [1.807, 2.05) is 19.1 Å². The Bertz CT molecular complexity index is 1170. The average Bonchev–Trinajstić information content (AvgIpc) is 3.14. The minimum absolute atomic E-state index is 0.143. The van der Waals surface area contributed by atoms with Gasteiger partial charge in [0, 0.05) is 11.9 Å². The number of ketones is 1. The molecule has 0 radical (unpaired) electrons. The number of rotatable bonds is 5. The smallest absolute Gasteiger partial charge is 0.226 e. The first-order chi connectivity index (χ1) is 13.6. The quantitative estimate of drug-likeness (QED) is 0.361. The van der Waals surface area contributed by atoms with Crippen LogP contribution in [-0.2, 0) is 6.42 Å². The molecule has 0 aliphatic carbocycles. The Morgan fingerprint density at radius 2 is 2.04 bits per heavy atom. The summed E-state index contributed by atoms with van der Waals surface area (Å²) in [6, 6.07) is 6.61. The van der Waals surface area contributed by atoms with Crippen molar-refractivity contribution in [2.45, 2.75) is 13.3 Å². The fraction of sp³-hybridized carbons (Fsp3) is 0.105. The van der Waals surface area contributed by atoms with Gasteiger partial charge in [0.15, 0.2) is 5.78 Å². The van der Waals surface area contributed by atoms with Gasteiger partial charge in [-0.1, -0.05) is 6.92 Å². The molecule has 0 atom stereocenters. The number of nitrogens with one attached hydrogen (secondary N) is 2. The van der Waals surface area contributed by atoms with Gasteiger partial charge in [-0.15, -0.1) is 0 Å². The molecule has 8 nitrogen and oxygen atoms in total. The van der Waals surface area contributed by atoms with Crippen molar-refractivity contribution in [2.24, 2.45) is 0 Å². The van der Waals surface area contributed by atoms with Crippen molar-refractivity contribution in [1.82, 2.24) is 24.9 Å². The van der Waals surface area contributed by atoms with Crippen LogP contribution in [0.15, 0.2) is 43.0 Å². The zero-order valence-corrected chi connectivity index (χ0v) is 14.9. The van der Waals surface area contributed by atoms with Crippen LogP contribution in [0.25, 0.3) is 11.0 Å². The van der Waals surface area contributed by atoms with E-state index in [2.05, 4.69) is 30.2 Å². The third-order valence-corrected chi connectivity index (χ3v) is 4.30. The maximum absolute atomic E-state index is 14.6. The third-order valence-electron chi connectivity index (χ3n) is 4.30. The van der Waals surface area contributed by atoms with Crippen LogP contribution in [0.5, 0.6) is 0 Å². The Morgan fingerprint density at radius 1 is 1.18 bits per heavy atom. The molecular weight excluding hydrogens is 361 g/mol. The summed E-state index contributed by atoms with van der Waals surface area (Å²) in [5, 5.41) is 3.32. The van der Waals surface area contributed by atoms with Crippen molar-refractivity contribution >= 4 is 34.1 Å². The number of carbonyl (C=O) groups is 1. The molecule has 0 spiro atoms. The molecule has 4 heterocycles. The highest BCUT2D eigenvalue weighted by Crippen LogP contribution is 2.25. The topological polar surface area (TPSA) is 122 Å². The normalized spacial score (nSPS) is 10.9. The fourth-order valence-corrected chi connectivity index (χ4v) is 2.84. The van der Waals surface area contributed by atoms with Crippen molar-refractivity contribution in [3.8, 4) is 0 Å². The van der Waals surface area contributed by atoms with E-state index in [0.29, 0.717) is 16.7 Å². The van der Waals surface area contributed by atoms with E-state index >= 15 is 0 Å². The molecular formula is C19H16FN7O. The van der Waals surface area contributed by atoms with Gasteiger partial charge in [0.25, 0.3) is 0 Å². The van der Waals surface area contributed by atoms with Crippen LogP contribution in [0, 0.1) is 5.95 Å². The molecule has 9 heteroatoms. The summed E-state index contributed by atoms with van der Waals surface area (Å²) in [4.78, 5) is 31.6. The number of H-pyrrole nitrogens is 1. The molecule has 0 fully saturated rings. The number of aromatic nitrogens is 5. The number of aromatic amines is 1. The van der Waals surface area contributed by atoms with Crippen LogP contribution >= 0.6 is 0 Å². The summed E-state index contributed by atoms with van der Waals surface area (Å²) in [5.41, 5.74) is 7.88. The predicted molar refractivity (Wildman–Crippen MR) is 103 cm³/mol. The first kappa shape index (κ1) is 17.5. The summed E-state index contributed by atoms with van der Waals surface area (Å²) >= 11 is 0. The van der Waals surface area contributed by atoms with Gasteiger partial charge in [0.05, 0.1) is 28.4 Å². The number of nitrogen functional groups attached to an aromatic ring is 1. The second-order valence-electron chi connectivity index (χ2n) is 6.07. The Balaban J connectivity index is 1.62. The van der Waals surface area contributed by atoms with E-state index in [0.717, 1.165) is 12.1 Å². The zero-order chi connectivity index (χ0) is 19.7. The van der Waals surface area contributed by atoms with Crippen LogP contribution in [0.1, 0.15) is 28.5 Å². The number of nitrogens with zero attached hydrogens (tertiary/aromatic N) is 4. The van der Waals surface area contributed by atoms with Crippen molar-refractivity contribution in [3.05, 3.63) is 65.8 Å². The number of anilines is 3. The lowest BCUT2D eigenvalue weighted by atomic mass is 10.0. The Labute approximate surface area is 159 Å². The molecule has 0 aliphatic rings. The van der Waals surface area contributed by atoms with Crippen LogP contribution < -0.4 is 11.1 Å². The van der Waals surface area contributed by atoms with Gasteiger partial charge in [-0.05, 0) is 30.7 Å². The molecule has 0 aliphatic heterocycles. The van der Waals surface area contributed by atoms with Gasteiger partial charge in [-0.25, -0.2) is 15.0 Å². The lowest BCUT2D eigenvalue weighted by Crippen LogP contribution is -2.08. The number of hydrogen-bond acceptors (Lipinski definition) is 7. The molecule has 4 rings (SSSR count). The van der Waals surface area contributed by atoms with Crippen molar-refractivity contribution in [1.29, 1.82) is 0 Å². The number of halogens is 1. The van der Waals surface area contributed by atoms with Crippen molar-refractivity contribution < 1.29 is 9.18 Å². The summed E-state index contributed by atoms with van der Waals surface area (Å²) in [6.07, 6.45) is 5.19. The van der Waals surface area contributed by atoms with Crippen LogP contribution in [0.2, 0.25) is 0 Å². The van der Waals surface area contributed by atoms with Gasteiger partial charge in [-0.3, -0.25) is 9.78 Å². The predicted octanol–water partition coefficient (Wildman–Crippen LogP) is 3.01. The average molecular weight is 377 g/mol. The molecule has 0 amide bonds. The monoisotopic (exact) mass is 377 g/mol. The van der Waals surface area contributed by atoms with E-state index in [-0.39, 0.29) is 22.8 Å². The highest BCUT2D eigenvalue weighted by atomic mass is 19.1. The molecule has 4 aromatic rings. The third kappa shape index (κ3) is 3.13. The van der Waals surface area contributed by atoms with E-state index in [1.165, 1.54) is 24.7 Å². The summed E-state index contributed by atoms with van der Waals surface area (Å²) < 4.78 is 14.6. The highest BCUT2D eigenvalue weighted by Gasteiger charge is 2.21. The Kier molecular flexibility index (Phi) is 4.40. The molecule has 4 aromatic heterocycles. The van der Waals surface area contributed by atoms with E-state index in [9.17, 15) is 9.18 Å². The van der Waals surface area contributed by atoms with Crippen molar-refractivity contribution in [3.63, 3.8) is 0 Å². The first-order valence-corrected chi connectivity index (χ1v) is 8.57. The Hall–Kier alpha value is -3.88. The molecule has 0 saturated heterocycles. The number of fused-ring (bicyclic) bond motifs is 1. The number of hydrogen-bond donors (Lipinski definition) is 3. The lowest BCUT2D eigenvalue weighted by molar-refractivity contribution is 0.103. The molecule has 28 heavy (non-hydrogen) atoms. The highest BCUT2D eigenvalue weighted by molar-refractivity contribution is 6.17. The molecule has 0 saturated carbocycles. The number of nitrogens with two attached hydrogens (primary N) is 1. The second-order valence-corrected chi connectivity index (χ2v) is 6.07. The summed E-state index contributed by atoms with van der Waals surface area (Å²) in [5.74, 6) is -1.04. The zero-order valence-electron chi connectivity index (χ0n) is 14.9. The maximum Gasteiger partial charge on any atom is 0.226 e.